The van der Waals surface area contributed by atoms with Crippen LogP contribution in [-0.2, 0) is 11.2 Å². The Balaban J connectivity index is 2.14. The van der Waals surface area contributed by atoms with E-state index in [0.717, 1.165) is 44.6 Å². The van der Waals surface area contributed by atoms with Gasteiger partial charge in [-0.05, 0) is 37.3 Å². The summed E-state index contributed by atoms with van der Waals surface area (Å²) in [5.41, 5.74) is 7.34. The smallest absolute Gasteiger partial charge is 0.131 e. The van der Waals surface area contributed by atoms with Crippen LogP contribution in [0.25, 0.3) is 0 Å². The number of hydrogen-bond acceptors (Lipinski definition) is 4. The first-order chi connectivity index (χ1) is 9.24. The second-order valence-electron chi connectivity index (χ2n) is 5.30. The number of nitrogens with zero attached hydrogens (tertiary/aromatic N) is 2. The van der Waals surface area contributed by atoms with Crippen LogP contribution in [0.2, 0.25) is 0 Å². The summed E-state index contributed by atoms with van der Waals surface area (Å²) < 4.78 is 5.49. The summed E-state index contributed by atoms with van der Waals surface area (Å²) in [6.07, 6.45) is 6.39. The Kier molecular flexibility index (Phi) is 5.16. The fourth-order valence-electron chi connectivity index (χ4n) is 2.62. The lowest BCUT2D eigenvalue weighted by molar-refractivity contribution is 0.0891. The first-order valence-corrected chi connectivity index (χ1v) is 7.21. The predicted octanol–water partition coefficient (Wildman–Crippen LogP) is 1.98. The molecule has 0 amide bonds. The number of hydrogen-bond donors (Lipinski definition) is 1. The molecule has 0 aliphatic carbocycles. The summed E-state index contributed by atoms with van der Waals surface area (Å²) in [6.45, 7) is 4.12. The molecule has 0 bridgehead atoms. The maximum absolute atomic E-state index is 6.09. The number of ether oxygens (including phenoxy) is 1. The fraction of sp³-hybridized carbons (Fsp3) is 0.667. The molecule has 1 aliphatic heterocycles. The average molecular weight is 263 g/mol. The van der Waals surface area contributed by atoms with Crippen LogP contribution in [0.1, 0.15) is 31.7 Å². The molecule has 1 aliphatic rings. The zero-order valence-electron chi connectivity index (χ0n) is 12.0. The zero-order chi connectivity index (χ0) is 13.7. The largest absolute Gasteiger partial charge is 0.380 e. The normalized spacial score (nSPS) is 21.4. The minimum absolute atomic E-state index is 0.214. The third-order valence-electron chi connectivity index (χ3n) is 3.89. The van der Waals surface area contributed by atoms with Crippen molar-refractivity contribution < 1.29 is 4.74 Å². The van der Waals surface area contributed by atoms with Gasteiger partial charge < -0.3 is 15.4 Å². The van der Waals surface area contributed by atoms with Gasteiger partial charge in [-0.15, -0.1) is 0 Å². The van der Waals surface area contributed by atoms with Crippen molar-refractivity contribution in [2.75, 3.05) is 25.1 Å². The lowest BCUT2D eigenvalue weighted by Gasteiger charge is -2.34. The number of methoxy groups -OCH3 is 1. The van der Waals surface area contributed by atoms with Crippen molar-refractivity contribution in [1.82, 2.24) is 4.98 Å². The molecular formula is C15H25N3O. The molecule has 0 aromatic carbocycles. The van der Waals surface area contributed by atoms with Crippen molar-refractivity contribution in [2.24, 2.45) is 5.73 Å². The van der Waals surface area contributed by atoms with E-state index < -0.39 is 0 Å². The van der Waals surface area contributed by atoms with Crippen LogP contribution in [0.3, 0.4) is 0 Å². The van der Waals surface area contributed by atoms with E-state index >= 15 is 0 Å². The molecule has 2 heterocycles. The quantitative estimate of drug-likeness (QED) is 0.882. The van der Waals surface area contributed by atoms with Crippen molar-refractivity contribution in [3.63, 3.8) is 0 Å². The molecule has 0 saturated carbocycles. The minimum Gasteiger partial charge on any atom is -0.380 e. The van der Waals surface area contributed by atoms with Crippen LogP contribution >= 0.6 is 0 Å². The summed E-state index contributed by atoms with van der Waals surface area (Å²) in [4.78, 5) is 6.92. The SMILES string of the molecule is CCC(N)Cc1cccnc1N1CCCC(OC)C1. The zero-order valence-corrected chi connectivity index (χ0v) is 12.0. The van der Waals surface area contributed by atoms with Gasteiger partial charge in [0.25, 0.3) is 0 Å². The van der Waals surface area contributed by atoms with Gasteiger partial charge in [-0.3, -0.25) is 0 Å². The third kappa shape index (κ3) is 3.67. The van der Waals surface area contributed by atoms with Gasteiger partial charge in [-0.2, -0.15) is 0 Å². The van der Waals surface area contributed by atoms with E-state index in [1.54, 1.807) is 7.11 Å². The summed E-state index contributed by atoms with van der Waals surface area (Å²) in [7, 11) is 1.79. The Morgan fingerprint density at radius 3 is 3.16 bits per heavy atom. The summed E-state index contributed by atoms with van der Waals surface area (Å²) in [5, 5.41) is 0. The van der Waals surface area contributed by atoms with Crippen LogP contribution in [0, 0.1) is 0 Å². The van der Waals surface area contributed by atoms with Crippen LogP contribution in [0.4, 0.5) is 5.82 Å². The molecule has 0 spiro atoms. The van der Waals surface area contributed by atoms with Crippen LogP contribution in [0.5, 0.6) is 0 Å². The molecule has 4 heteroatoms. The van der Waals surface area contributed by atoms with Crippen LogP contribution in [0.15, 0.2) is 18.3 Å². The Morgan fingerprint density at radius 2 is 2.42 bits per heavy atom. The predicted molar refractivity (Wildman–Crippen MR) is 78.5 cm³/mol. The van der Waals surface area contributed by atoms with Gasteiger partial charge in [0.05, 0.1) is 6.10 Å². The van der Waals surface area contributed by atoms with Crippen molar-refractivity contribution in [3.8, 4) is 0 Å². The Hall–Kier alpha value is -1.13. The van der Waals surface area contributed by atoms with Crippen molar-refractivity contribution in [2.45, 2.75) is 44.8 Å². The Labute approximate surface area is 116 Å². The standard InChI is InChI=1S/C15H25N3O/c1-3-13(16)10-12-6-4-8-17-15(12)18-9-5-7-14(11-18)19-2/h4,6,8,13-14H,3,5,7,9-11,16H2,1-2H3. The number of pyridine rings is 1. The van der Waals surface area contributed by atoms with E-state index in [-0.39, 0.29) is 6.04 Å². The fourth-order valence-corrected chi connectivity index (χ4v) is 2.62. The second kappa shape index (κ2) is 6.87. The highest BCUT2D eigenvalue weighted by molar-refractivity contribution is 5.47. The Bertz CT molecular complexity index is 397. The van der Waals surface area contributed by atoms with E-state index in [9.17, 15) is 0 Å². The number of piperidine rings is 1. The molecule has 1 fully saturated rings. The summed E-state index contributed by atoms with van der Waals surface area (Å²) in [5.74, 6) is 1.09. The molecule has 1 aromatic heterocycles. The van der Waals surface area contributed by atoms with Gasteiger partial charge in [0, 0.05) is 32.4 Å². The van der Waals surface area contributed by atoms with E-state index in [4.69, 9.17) is 10.5 Å². The molecule has 2 atom stereocenters. The highest BCUT2D eigenvalue weighted by Gasteiger charge is 2.22. The van der Waals surface area contributed by atoms with Crippen molar-refractivity contribution in [3.05, 3.63) is 23.9 Å². The molecule has 2 rings (SSSR count). The number of anilines is 1. The van der Waals surface area contributed by atoms with E-state index in [2.05, 4.69) is 22.9 Å². The molecule has 2 N–H and O–H groups in total. The molecule has 19 heavy (non-hydrogen) atoms. The second-order valence-corrected chi connectivity index (χ2v) is 5.30. The van der Waals surface area contributed by atoms with Gasteiger partial charge in [-0.25, -0.2) is 4.98 Å². The molecule has 1 aromatic rings. The summed E-state index contributed by atoms with van der Waals surface area (Å²) >= 11 is 0. The Morgan fingerprint density at radius 1 is 1.58 bits per heavy atom. The highest BCUT2D eigenvalue weighted by atomic mass is 16.5. The van der Waals surface area contributed by atoms with Crippen molar-refractivity contribution in [1.29, 1.82) is 0 Å². The topological polar surface area (TPSA) is 51.4 Å². The van der Waals surface area contributed by atoms with Crippen LogP contribution < -0.4 is 10.6 Å². The van der Waals surface area contributed by atoms with Crippen LogP contribution in [-0.4, -0.2) is 37.3 Å². The van der Waals surface area contributed by atoms with Crippen molar-refractivity contribution >= 4 is 5.82 Å². The average Bonchev–Trinajstić information content (AvgIpc) is 2.47. The minimum atomic E-state index is 0.214. The number of aromatic nitrogens is 1. The maximum atomic E-state index is 6.09. The first-order valence-electron chi connectivity index (χ1n) is 7.21. The molecule has 0 radical (unpaired) electrons. The number of nitrogens with two attached hydrogens (primary N) is 1. The maximum Gasteiger partial charge on any atom is 0.131 e. The highest BCUT2D eigenvalue weighted by Crippen LogP contribution is 2.23. The van der Waals surface area contributed by atoms with Gasteiger partial charge in [0.2, 0.25) is 0 Å². The van der Waals surface area contributed by atoms with E-state index in [1.807, 2.05) is 12.3 Å². The lowest BCUT2D eigenvalue weighted by Crippen LogP contribution is -2.40. The molecule has 4 nitrogen and oxygen atoms in total. The molecule has 2 unspecified atom stereocenters. The van der Waals surface area contributed by atoms with Gasteiger partial charge in [-0.1, -0.05) is 13.0 Å². The first kappa shape index (κ1) is 14.3. The number of rotatable bonds is 5. The molecule has 106 valence electrons. The summed E-state index contributed by atoms with van der Waals surface area (Å²) in [6, 6.07) is 4.36. The third-order valence-corrected chi connectivity index (χ3v) is 3.89. The molecular weight excluding hydrogens is 238 g/mol. The monoisotopic (exact) mass is 263 g/mol. The van der Waals surface area contributed by atoms with Gasteiger partial charge >= 0.3 is 0 Å². The van der Waals surface area contributed by atoms with Gasteiger partial charge in [0.1, 0.15) is 5.82 Å². The van der Waals surface area contributed by atoms with Gasteiger partial charge in [0.15, 0.2) is 0 Å². The molecule has 1 saturated heterocycles. The van der Waals surface area contributed by atoms with E-state index in [0.29, 0.717) is 6.10 Å². The lowest BCUT2D eigenvalue weighted by atomic mass is 10.0. The van der Waals surface area contributed by atoms with E-state index in [1.165, 1.54) is 5.56 Å².